The van der Waals surface area contributed by atoms with Crippen LogP contribution in [-0.2, 0) is 27.3 Å². The van der Waals surface area contributed by atoms with E-state index in [1.807, 2.05) is 60.7 Å². The summed E-state index contributed by atoms with van der Waals surface area (Å²) >= 11 is 0. The van der Waals surface area contributed by atoms with Crippen LogP contribution in [0, 0.1) is 23.5 Å². The molecule has 1 aromatic heterocycles. The van der Waals surface area contributed by atoms with Crippen molar-refractivity contribution >= 4 is 39.6 Å². The number of aromatic nitrogens is 2. The summed E-state index contributed by atoms with van der Waals surface area (Å²) in [4.78, 5) is 41.4. The van der Waals surface area contributed by atoms with E-state index in [1.165, 1.54) is 31.4 Å². The topological polar surface area (TPSA) is 116 Å². The molecule has 2 aliphatic rings. The molecule has 0 unspecified atom stereocenters. The van der Waals surface area contributed by atoms with Crippen molar-refractivity contribution in [2.24, 2.45) is 0 Å². The first-order chi connectivity index (χ1) is 33.0. The van der Waals surface area contributed by atoms with Crippen molar-refractivity contribution in [1.82, 2.24) is 19.8 Å². The minimum absolute atomic E-state index is 0.0382. The van der Waals surface area contributed by atoms with E-state index >= 15 is 8.78 Å². The number of esters is 1. The summed E-state index contributed by atoms with van der Waals surface area (Å²) in [6, 6.07) is 25.0. The summed E-state index contributed by atoms with van der Waals surface area (Å²) in [6.07, 6.45) is -4.15. The van der Waals surface area contributed by atoms with Crippen LogP contribution in [-0.4, -0.2) is 103 Å². The smallest absolute Gasteiger partial charge is 0.422 e. The largest absolute Gasteiger partial charge is 0.468 e. The quantitative estimate of drug-likeness (QED) is 0.0477. The number of piperazine rings is 1. The molecule has 5 aromatic carbocycles. The number of hydrogen-bond donors (Lipinski definition) is 0. The van der Waals surface area contributed by atoms with Crippen LogP contribution in [0.1, 0.15) is 60.7 Å². The Labute approximate surface area is 395 Å². The van der Waals surface area contributed by atoms with E-state index < -0.39 is 71.3 Å². The number of nitrogens with zero attached hydrogens (tertiary/aromatic N) is 5. The number of amides is 1. The Morgan fingerprint density at radius 2 is 1.49 bits per heavy atom. The lowest BCUT2D eigenvalue weighted by atomic mass is 9.89. The van der Waals surface area contributed by atoms with E-state index in [4.69, 9.17) is 23.7 Å². The van der Waals surface area contributed by atoms with Gasteiger partial charge in [0.1, 0.15) is 28.5 Å². The highest BCUT2D eigenvalue weighted by Gasteiger charge is 2.45. The van der Waals surface area contributed by atoms with Crippen molar-refractivity contribution in [3.05, 3.63) is 125 Å². The summed E-state index contributed by atoms with van der Waals surface area (Å²) in [6.45, 7) is 4.76. The van der Waals surface area contributed by atoms with Gasteiger partial charge in [0, 0.05) is 49.6 Å². The summed E-state index contributed by atoms with van der Waals surface area (Å²) in [5, 5.41) is 0.396. The van der Waals surface area contributed by atoms with Gasteiger partial charge in [0.05, 0.1) is 36.9 Å². The first-order valence-electron chi connectivity index (χ1n) is 22.3. The number of rotatable bonds is 13. The van der Waals surface area contributed by atoms with Crippen LogP contribution in [0.2, 0.25) is 0 Å². The van der Waals surface area contributed by atoms with E-state index in [0.29, 0.717) is 31.3 Å². The summed E-state index contributed by atoms with van der Waals surface area (Å²) < 4.78 is 102. The van der Waals surface area contributed by atoms with E-state index in [1.54, 1.807) is 36.6 Å². The van der Waals surface area contributed by atoms with Crippen LogP contribution < -0.4 is 14.4 Å². The number of methoxy groups -OCH3 is 2. The molecule has 2 fully saturated rings. The lowest BCUT2D eigenvalue weighted by molar-refractivity contribution is -0.154. The summed E-state index contributed by atoms with van der Waals surface area (Å²) in [5.74, 6) is 3.35. The molecule has 2 bridgehead atoms. The molecule has 17 heteroatoms. The van der Waals surface area contributed by atoms with Crippen LogP contribution in [0.4, 0.5) is 32.6 Å². The fourth-order valence-electron chi connectivity index (χ4n) is 8.90. The molecule has 0 radical (unpaired) electrons. The van der Waals surface area contributed by atoms with Gasteiger partial charge in [-0.3, -0.25) is 9.80 Å². The molecule has 1 amide bonds. The lowest BCUT2D eigenvalue weighted by Crippen LogP contribution is -2.57. The lowest BCUT2D eigenvalue weighted by Gasteiger charge is -2.42. The SMILES string of the molecule is COCOc1cc(-c2c(C(=O)OC)cc3c(N4C[C@H]5CC[C@@H](C4)N5C(=O)OC(C)(C)C)nc(OCC(F)(F)F)nc3c2F)c2c(C#CCN(Cc3ccccc3)Cc3ccccc3)c(F)ccc2c1. The summed E-state index contributed by atoms with van der Waals surface area (Å²) in [5.41, 5.74) is -0.139. The molecule has 360 valence electrons. The average Bonchev–Trinajstić information content (AvgIpc) is 3.59. The first-order valence-corrected chi connectivity index (χ1v) is 22.3. The second-order valence-corrected chi connectivity index (χ2v) is 17.9. The molecule has 0 spiro atoms. The van der Waals surface area contributed by atoms with E-state index in [9.17, 15) is 22.8 Å². The maximum atomic E-state index is 18.1. The number of ether oxygens (including phenoxy) is 5. The minimum Gasteiger partial charge on any atom is -0.468 e. The standard InChI is InChI=1S/C52H50F5N5O7/c1-51(2,3)69-50(64)62-35-19-20-36(62)29-61(28-35)47-41-25-40(48(63)66-5)44(45(54)46(41)58-49(59-47)67-30-52(55,56)57)39-24-37(68-31-65-4)23-34-18-21-42(53)38(43(34)39)17-12-22-60(26-32-13-8-6-9-14-32)27-33-15-10-7-11-16-33/h6-11,13-16,18,21,23-25,35-36H,19-20,22,26-31H2,1-5H3/t35-,36+. The third-order valence-corrected chi connectivity index (χ3v) is 11.7. The molecule has 0 aliphatic carbocycles. The Bertz CT molecular complexity index is 2870. The predicted octanol–water partition coefficient (Wildman–Crippen LogP) is 10.1. The minimum atomic E-state index is -4.81. The maximum absolute atomic E-state index is 18.1. The highest BCUT2D eigenvalue weighted by Crippen LogP contribution is 2.44. The van der Waals surface area contributed by atoms with Crippen LogP contribution >= 0.6 is 0 Å². The molecule has 2 saturated heterocycles. The number of halogens is 5. The molecule has 2 aliphatic heterocycles. The van der Waals surface area contributed by atoms with Crippen molar-refractivity contribution in [2.45, 2.75) is 70.6 Å². The molecule has 69 heavy (non-hydrogen) atoms. The highest BCUT2D eigenvalue weighted by atomic mass is 19.4. The third kappa shape index (κ3) is 11.1. The van der Waals surface area contributed by atoms with Crippen molar-refractivity contribution in [3.8, 4) is 34.7 Å². The van der Waals surface area contributed by atoms with Crippen LogP contribution in [0.3, 0.4) is 0 Å². The van der Waals surface area contributed by atoms with Gasteiger partial charge in [-0.1, -0.05) is 78.6 Å². The third-order valence-electron chi connectivity index (χ3n) is 11.7. The molecule has 0 N–H and O–H groups in total. The first kappa shape index (κ1) is 48.4. The number of carbonyl (C=O) groups excluding carboxylic acids is 2. The second-order valence-electron chi connectivity index (χ2n) is 17.9. The van der Waals surface area contributed by atoms with E-state index in [-0.39, 0.29) is 65.5 Å². The molecule has 3 heterocycles. The molecular weight excluding hydrogens is 902 g/mol. The fourth-order valence-corrected chi connectivity index (χ4v) is 8.90. The van der Waals surface area contributed by atoms with E-state index in [0.717, 1.165) is 18.2 Å². The van der Waals surface area contributed by atoms with Gasteiger partial charge in [0.2, 0.25) is 0 Å². The maximum Gasteiger partial charge on any atom is 0.422 e. The zero-order chi connectivity index (χ0) is 49.0. The van der Waals surface area contributed by atoms with Crippen molar-refractivity contribution < 1.29 is 55.2 Å². The Morgan fingerprint density at radius 1 is 0.841 bits per heavy atom. The average molecular weight is 952 g/mol. The van der Waals surface area contributed by atoms with Gasteiger partial charge < -0.3 is 28.6 Å². The number of benzene rings is 5. The second kappa shape index (κ2) is 20.3. The zero-order valence-corrected chi connectivity index (χ0v) is 38.7. The number of anilines is 1. The zero-order valence-electron chi connectivity index (χ0n) is 38.7. The van der Waals surface area contributed by atoms with Gasteiger partial charge in [-0.2, -0.15) is 23.1 Å². The fraction of sp³-hybridized carbons (Fsp3) is 0.346. The number of hydrogen-bond acceptors (Lipinski definition) is 11. The molecule has 6 aromatic rings. The molecule has 8 rings (SSSR count). The highest BCUT2D eigenvalue weighted by molar-refractivity contribution is 6.11. The Kier molecular flexibility index (Phi) is 14.2. The van der Waals surface area contributed by atoms with Crippen molar-refractivity contribution in [2.75, 3.05) is 52.2 Å². The Morgan fingerprint density at radius 3 is 2.09 bits per heavy atom. The summed E-state index contributed by atoms with van der Waals surface area (Å²) in [7, 11) is 2.51. The normalized spacial score (nSPS) is 15.9. The van der Waals surface area contributed by atoms with E-state index in [2.05, 4.69) is 26.7 Å². The molecular formula is C52H50F5N5O7. The molecule has 12 nitrogen and oxygen atoms in total. The van der Waals surface area contributed by atoms with Gasteiger partial charge in [-0.15, -0.1) is 0 Å². The predicted molar refractivity (Wildman–Crippen MR) is 249 cm³/mol. The number of fused-ring (bicyclic) bond motifs is 4. The van der Waals surface area contributed by atoms with Gasteiger partial charge in [0.15, 0.2) is 19.2 Å². The molecule has 0 saturated carbocycles. The monoisotopic (exact) mass is 951 g/mol. The Hall–Kier alpha value is -7.03. The number of alkyl halides is 3. The van der Waals surface area contributed by atoms with Crippen LogP contribution in [0.25, 0.3) is 32.8 Å². The van der Waals surface area contributed by atoms with Gasteiger partial charge in [0.25, 0.3) is 0 Å². The van der Waals surface area contributed by atoms with Crippen molar-refractivity contribution in [1.29, 1.82) is 0 Å². The van der Waals surface area contributed by atoms with Gasteiger partial charge in [-0.05, 0) is 80.0 Å². The van der Waals surface area contributed by atoms with Crippen molar-refractivity contribution in [3.63, 3.8) is 0 Å². The van der Waals surface area contributed by atoms with Crippen LogP contribution in [0.5, 0.6) is 11.8 Å². The van der Waals surface area contributed by atoms with Crippen LogP contribution in [0.15, 0.2) is 91.0 Å². The van der Waals surface area contributed by atoms with Gasteiger partial charge >= 0.3 is 24.2 Å². The number of carbonyl (C=O) groups is 2. The molecule has 2 atom stereocenters. The Balaban J connectivity index is 1.30. The van der Waals surface area contributed by atoms with Gasteiger partial charge in [-0.25, -0.2) is 18.4 Å².